The molecule has 0 aromatic rings. The minimum absolute atomic E-state index is 0.0940. The summed E-state index contributed by atoms with van der Waals surface area (Å²) in [7, 11) is 0. The highest BCUT2D eigenvalue weighted by Crippen LogP contribution is 1.96. The van der Waals surface area contributed by atoms with Gasteiger partial charge in [-0.25, -0.2) is 0 Å². The summed E-state index contributed by atoms with van der Waals surface area (Å²) < 4.78 is 10.4. The molecule has 0 atom stereocenters. The molecule has 90 valence electrons. The van der Waals surface area contributed by atoms with Crippen molar-refractivity contribution in [1.82, 2.24) is 0 Å². The molecule has 0 bridgehead atoms. The van der Waals surface area contributed by atoms with Crippen molar-refractivity contribution in [2.24, 2.45) is 0 Å². The van der Waals surface area contributed by atoms with E-state index in [-0.39, 0.29) is 5.97 Å². The van der Waals surface area contributed by atoms with Crippen molar-refractivity contribution >= 4 is 5.97 Å². The molecule has 0 heterocycles. The number of unbranched alkanes of at least 4 members (excludes halogenated alkanes) is 2. The molecule has 0 aromatic heterocycles. The second kappa shape index (κ2) is 11.5. The molecule has 0 unspecified atom stereocenters. The normalized spacial score (nSPS) is 10.3. The minimum Gasteiger partial charge on any atom is -0.466 e. The van der Waals surface area contributed by atoms with Crippen LogP contribution in [0.5, 0.6) is 0 Å². The summed E-state index contributed by atoms with van der Waals surface area (Å²) in [4.78, 5) is 11.0. The van der Waals surface area contributed by atoms with Gasteiger partial charge < -0.3 is 9.47 Å². The zero-order valence-electron chi connectivity index (χ0n) is 10.1. The van der Waals surface area contributed by atoms with Crippen LogP contribution in [0.3, 0.4) is 0 Å². The van der Waals surface area contributed by atoms with Gasteiger partial charge in [0.1, 0.15) is 0 Å². The zero-order chi connectivity index (χ0) is 11.4. The van der Waals surface area contributed by atoms with Crippen LogP contribution in [-0.4, -0.2) is 25.8 Å². The Hall–Kier alpha value is -0.570. The highest BCUT2D eigenvalue weighted by Gasteiger charge is 1.99. The molecule has 0 spiro atoms. The van der Waals surface area contributed by atoms with Crippen LogP contribution in [0, 0.1) is 0 Å². The monoisotopic (exact) mass is 216 g/mol. The smallest absolute Gasteiger partial charge is 0.305 e. The number of hydrogen-bond acceptors (Lipinski definition) is 3. The lowest BCUT2D eigenvalue weighted by atomic mass is 10.3. The maximum Gasteiger partial charge on any atom is 0.305 e. The van der Waals surface area contributed by atoms with Crippen molar-refractivity contribution in [2.75, 3.05) is 19.8 Å². The van der Waals surface area contributed by atoms with Gasteiger partial charge in [0, 0.05) is 26.1 Å². The van der Waals surface area contributed by atoms with E-state index in [1.807, 2.05) is 6.92 Å². The van der Waals surface area contributed by atoms with E-state index < -0.39 is 0 Å². The summed E-state index contributed by atoms with van der Waals surface area (Å²) in [5, 5.41) is 0. The van der Waals surface area contributed by atoms with Crippen LogP contribution in [-0.2, 0) is 14.3 Å². The van der Waals surface area contributed by atoms with Crippen LogP contribution in [0.2, 0.25) is 0 Å². The van der Waals surface area contributed by atoms with Gasteiger partial charge in [0.05, 0.1) is 6.61 Å². The van der Waals surface area contributed by atoms with Gasteiger partial charge in [-0.1, -0.05) is 26.7 Å². The summed E-state index contributed by atoms with van der Waals surface area (Å²) in [6.45, 7) is 6.16. The molecular formula is C12H24O3. The van der Waals surface area contributed by atoms with Crippen LogP contribution in [0.4, 0.5) is 0 Å². The Kier molecular flexibility index (Phi) is 11.1. The third-order valence-electron chi connectivity index (χ3n) is 2.04. The van der Waals surface area contributed by atoms with Gasteiger partial charge >= 0.3 is 5.97 Å². The summed E-state index contributed by atoms with van der Waals surface area (Å²) in [5.41, 5.74) is 0. The molecule has 0 aliphatic rings. The molecule has 0 N–H and O–H groups in total. The third-order valence-corrected chi connectivity index (χ3v) is 2.04. The Morgan fingerprint density at radius 2 is 1.67 bits per heavy atom. The highest BCUT2D eigenvalue weighted by atomic mass is 16.5. The van der Waals surface area contributed by atoms with Crippen LogP contribution < -0.4 is 0 Å². The van der Waals surface area contributed by atoms with Crippen LogP contribution in [0.15, 0.2) is 0 Å². The largest absolute Gasteiger partial charge is 0.466 e. The standard InChI is InChI=1S/C12H24O3/c1-3-5-6-9-14-10-7-11-15-12(13)8-4-2/h3-11H2,1-2H3. The van der Waals surface area contributed by atoms with Crippen molar-refractivity contribution in [3.63, 3.8) is 0 Å². The molecule has 0 aliphatic heterocycles. The SMILES string of the molecule is CCCCCOCCCOC(=O)CCC. The Morgan fingerprint density at radius 3 is 2.33 bits per heavy atom. The molecule has 0 radical (unpaired) electrons. The van der Waals surface area contributed by atoms with E-state index in [4.69, 9.17) is 9.47 Å². The first kappa shape index (κ1) is 14.4. The molecule has 0 amide bonds. The van der Waals surface area contributed by atoms with E-state index in [9.17, 15) is 4.79 Å². The van der Waals surface area contributed by atoms with Gasteiger partial charge in [-0.2, -0.15) is 0 Å². The van der Waals surface area contributed by atoms with Crippen LogP contribution >= 0.6 is 0 Å². The number of carbonyl (C=O) groups excluding carboxylic acids is 1. The first-order valence-corrected chi connectivity index (χ1v) is 6.04. The third kappa shape index (κ3) is 11.4. The topological polar surface area (TPSA) is 35.5 Å². The van der Waals surface area contributed by atoms with Gasteiger partial charge in [-0.3, -0.25) is 4.79 Å². The Morgan fingerprint density at radius 1 is 0.933 bits per heavy atom. The first-order chi connectivity index (χ1) is 7.31. The van der Waals surface area contributed by atoms with Crippen molar-refractivity contribution in [2.45, 2.75) is 52.4 Å². The molecular weight excluding hydrogens is 192 g/mol. The van der Waals surface area contributed by atoms with Crippen LogP contribution in [0.1, 0.15) is 52.4 Å². The molecule has 3 heteroatoms. The lowest BCUT2D eigenvalue weighted by molar-refractivity contribution is -0.144. The average Bonchev–Trinajstić information content (AvgIpc) is 2.22. The summed E-state index contributed by atoms with van der Waals surface area (Å²) in [6, 6.07) is 0. The number of ether oxygens (including phenoxy) is 2. The molecule has 0 aliphatic carbocycles. The average molecular weight is 216 g/mol. The number of carbonyl (C=O) groups is 1. The zero-order valence-corrected chi connectivity index (χ0v) is 10.1. The van der Waals surface area contributed by atoms with E-state index >= 15 is 0 Å². The highest BCUT2D eigenvalue weighted by molar-refractivity contribution is 5.69. The number of hydrogen-bond donors (Lipinski definition) is 0. The fourth-order valence-corrected chi connectivity index (χ4v) is 1.18. The van der Waals surface area contributed by atoms with E-state index in [2.05, 4.69) is 6.92 Å². The Balaban J connectivity index is 3.01. The van der Waals surface area contributed by atoms with Crippen molar-refractivity contribution in [1.29, 1.82) is 0 Å². The first-order valence-electron chi connectivity index (χ1n) is 6.04. The fourth-order valence-electron chi connectivity index (χ4n) is 1.18. The number of esters is 1. The quantitative estimate of drug-likeness (QED) is 0.416. The molecule has 15 heavy (non-hydrogen) atoms. The van der Waals surface area contributed by atoms with Crippen molar-refractivity contribution < 1.29 is 14.3 Å². The summed E-state index contributed by atoms with van der Waals surface area (Å²) in [5.74, 6) is -0.0940. The second-order valence-electron chi connectivity index (χ2n) is 3.64. The molecule has 0 saturated heterocycles. The molecule has 3 nitrogen and oxygen atoms in total. The van der Waals surface area contributed by atoms with Crippen molar-refractivity contribution in [3.05, 3.63) is 0 Å². The molecule has 0 aromatic carbocycles. The maximum atomic E-state index is 11.0. The predicted molar refractivity (Wildman–Crippen MR) is 60.8 cm³/mol. The predicted octanol–water partition coefficient (Wildman–Crippen LogP) is 2.93. The number of rotatable bonds is 10. The van der Waals surface area contributed by atoms with Crippen LogP contribution in [0.25, 0.3) is 0 Å². The van der Waals surface area contributed by atoms with Gasteiger partial charge in [-0.05, 0) is 12.8 Å². The van der Waals surface area contributed by atoms with Crippen molar-refractivity contribution in [3.8, 4) is 0 Å². The fraction of sp³-hybridized carbons (Fsp3) is 0.917. The maximum absolute atomic E-state index is 11.0. The van der Waals surface area contributed by atoms with E-state index in [0.29, 0.717) is 19.6 Å². The Labute approximate surface area is 93.1 Å². The van der Waals surface area contributed by atoms with Gasteiger partial charge in [0.15, 0.2) is 0 Å². The second-order valence-corrected chi connectivity index (χ2v) is 3.64. The van der Waals surface area contributed by atoms with E-state index in [0.717, 1.165) is 25.9 Å². The molecule has 0 rings (SSSR count). The minimum atomic E-state index is -0.0940. The summed E-state index contributed by atoms with van der Waals surface area (Å²) in [6.07, 6.45) is 5.76. The van der Waals surface area contributed by atoms with E-state index in [1.165, 1.54) is 12.8 Å². The Bertz CT molecular complexity index is 146. The van der Waals surface area contributed by atoms with Gasteiger partial charge in [0.2, 0.25) is 0 Å². The lowest BCUT2D eigenvalue weighted by Gasteiger charge is -2.05. The van der Waals surface area contributed by atoms with E-state index in [1.54, 1.807) is 0 Å². The van der Waals surface area contributed by atoms with Gasteiger partial charge in [-0.15, -0.1) is 0 Å². The molecule has 0 fully saturated rings. The summed E-state index contributed by atoms with van der Waals surface area (Å²) >= 11 is 0. The van der Waals surface area contributed by atoms with Gasteiger partial charge in [0.25, 0.3) is 0 Å². The lowest BCUT2D eigenvalue weighted by Crippen LogP contribution is -2.07. The molecule has 0 saturated carbocycles.